The molecule has 0 spiro atoms. The van der Waals surface area contributed by atoms with E-state index in [2.05, 4.69) is 10.3 Å². The maximum atomic E-state index is 12.5. The molecule has 0 bridgehead atoms. The molecule has 0 unspecified atom stereocenters. The van der Waals surface area contributed by atoms with Gasteiger partial charge in [0.15, 0.2) is 0 Å². The lowest BCUT2D eigenvalue weighted by Gasteiger charge is -2.32. The van der Waals surface area contributed by atoms with Crippen LogP contribution in [0.25, 0.3) is 5.69 Å². The third kappa shape index (κ3) is 4.03. The van der Waals surface area contributed by atoms with Crippen molar-refractivity contribution in [2.75, 3.05) is 19.7 Å². The first-order valence-electron chi connectivity index (χ1n) is 8.12. The Morgan fingerprint density at radius 1 is 1.32 bits per heavy atom. The topological polar surface area (TPSA) is 97.6 Å². The molecule has 3 rings (SSSR count). The summed E-state index contributed by atoms with van der Waals surface area (Å²) in [5, 5.41) is 17.1. The number of carboxylic acid groups (broad SMARTS) is 1. The van der Waals surface area contributed by atoms with Crippen LogP contribution in [0.2, 0.25) is 0 Å². The maximum absolute atomic E-state index is 12.5. The number of amides is 1. The van der Waals surface area contributed by atoms with Gasteiger partial charge < -0.3 is 14.7 Å². The average molecular weight is 344 g/mol. The van der Waals surface area contributed by atoms with Gasteiger partial charge in [0.2, 0.25) is 5.91 Å². The zero-order chi connectivity index (χ0) is 17.8. The molecule has 0 saturated carbocycles. The van der Waals surface area contributed by atoms with Crippen LogP contribution in [0.15, 0.2) is 30.3 Å². The van der Waals surface area contributed by atoms with E-state index < -0.39 is 12.1 Å². The van der Waals surface area contributed by atoms with Gasteiger partial charge in [-0.15, -0.1) is 5.10 Å². The first kappa shape index (κ1) is 17.1. The summed E-state index contributed by atoms with van der Waals surface area (Å²) in [5.41, 5.74) is 2.32. The molecular weight excluding hydrogens is 324 g/mol. The monoisotopic (exact) mass is 344 g/mol. The Labute approximate surface area is 145 Å². The number of benzene rings is 1. The SMILES string of the molecule is Cc1c(CC(=O)N2CCO[C@@H](CC(=O)O)C2)nnn1-c1ccccc1. The summed E-state index contributed by atoms with van der Waals surface area (Å²) in [6.07, 6.45) is -0.429. The third-order valence-electron chi connectivity index (χ3n) is 4.20. The van der Waals surface area contributed by atoms with Gasteiger partial charge in [-0.1, -0.05) is 23.4 Å². The summed E-state index contributed by atoms with van der Waals surface area (Å²) < 4.78 is 7.10. The van der Waals surface area contributed by atoms with Gasteiger partial charge in [-0.3, -0.25) is 9.59 Å². The standard InChI is InChI=1S/C17H20N4O4/c1-12-15(18-19-21(12)13-5-3-2-4-6-13)10-16(22)20-7-8-25-14(11-20)9-17(23)24/h2-6,14H,7-11H2,1H3,(H,23,24)/t14-/m0/s1. The highest BCUT2D eigenvalue weighted by atomic mass is 16.5. The number of carbonyl (C=O) groups excluding carboxylic acids is 1. The van der Waals surface area contributed by atoms with Gasteiger partial charge in [0, 0.05) is 13.1 Å². The molecule has 2 aromatic rings. The smallest absolute Gasteiger partial charge is 0.306 e. The van der Waals surface area contributed by atoms with Crippen molar-refractivity contribution in [3.05, 3.63) is 41.7 Å². The van der Waals surface area contributed by atoms with Gasteiger partial charge in [-0.25, -0.2) is 4.68 Å². The number of para-hydroxylation sites is 1. The van der Waals surface area contributed by atoms with Gasteiger partial charge in [-0.05, 0) is 19.1 Å². The van der Waals surface area contributed by atoms with Crippen molar-refractivity contribution in [2.45, 2.75) is 25.9 Å². The Bertz CT molecular complexity index is 759. The molecule has 1 saturated heterocycles. The van der Waals surface area contributed by atoms with E-state index >= 15 is 0 Å². The summed E-state index contributed by atoms with van der Waals surface area (Å²) in [7, 11) is 0. The molecule has 1 aliphatic heterocycles. The number of aliphatic carboxylic acids is 1. The maximum Gasteiger partial charge on any atom is 0.306 e. The molecule has 1 aromatic heterocycles. The first-order chi connectivity index (χ1) is 12.0. The zero-order valence-corrected chi connectivity index (χ0v) is 14.0. The number of carbonyl (C=O) groups is 2. The normalized spacial score (nSPS) is 17.5. The van der Waals surface area contributed by atoms with E-state index in [-0.39, 0.29) is 25.3 Å². The molecular formula is C17H20N4O4. The highest BCUT2D eigenvalue weighted by molar-refractivity contribution is 5.79. The molecule has 1 amide bonds. The van der Waals surface area contributed by atoms with Crippen molar-refractivity contribution in [1.82, 2.24) is 19.9 Å². The Morgan fingerprint density at radius 3 is 2.80 bits per heavy atom. The van der Waals surface area contributed by atoms with E-state index in [9.17, 15) is 9.59 Å². The van der Waals surface area contributed by atoms with Gasteiger partial charge in [0.25, 0.3) is 0 Å². The fourth-order valence-electron chi connectivity index (χ4n) is 2.86. The summed E-state index contributed by atoms with van der Waals surface area (Å²) in [4.78, 5) is 25.0. The van der Waals surface area contributed by atoms with Crippen LogP contribution in [0.5, 0.6) is 0 Å². The van der Waals surface area contributed by atoms with Crippen LogP contribution in [0.3, 0.4) is 0 Å². The van der Waals surface area contributed by atoms with E-state index in [0.717, 1.165) is 11.4 Å². The molecule has 1 aromatic carbocycles. The molecule has 2 heterocycles. The molecule has 1 atom stereocenters. The molecule has 1 aliphatic rings. The van der Waals surface area contributed by atoms with E-state index in [4.69, 9.17) is 9.84 Å². The van der Waals surface area contributed by atoms with Crippen LogP contribution in [-0.4, -0.2) is 62.7 Å². The van der Waals surface area contributed by atoms with E-state index in [1.807, 2.05) is 37.3 Å². The number of rotatable bonds is 5. The second kappa shape index (κ2) is 7.43. The van der Waals surface area contributed by atoms with Crippen LogP contribution < -0.4 is 0 Å². The highest BCUT2D eigenvalue weighted by Gasteiger charge is 2.27. The zero-order valence-electron chi connectivity index (χ0n) is 14.0. The Hall–Kier alpha value is -2.74. The Kier molecular flexibility index (Phi) is 5.08. The number of morpholine rings is 1. The van der Waals surface area contributed by atoms with Gasteiger partial charge >= 0.3 is 5.97 Å². The number of hydrogen-bond acceptors (Lipinski definition) is 5. The van der Waals surface area contributed by atoms with Crippen LogP contribution in [-0.2, 0) is 20.7 Å². The van der Waals surface area contributed by atoms with Crippen molar-refractivity contribution < 1.29 is 19.4 Å². The molecule has 8 nitrogen and oxygen atoms in total. The number of hydrogen-bond donors (Lipinski definition) is 1. The fourth-order valence-corrected chi connectivity index (χ4v) is 2.86. The first-order valence-corrected chi connectivity index (χ1v) is 8.12. The predicted molar refractivity (Wildman–Crippen MR) is 88.4 cm³/mol. The molecule has 25 heavy (non-hydrogen) atoms. The lowest BCUT2D eigenvalue weighted by molar-refractivity contribution is -0.147. The summed E-state index contributed by atoms with van der Waals surface area (Å²) in [5.74, 6) is -1.03. The molecule has 0 radical (unpaired) electrons. The van der Waals surface area contributed by atoms with Crippen LogP contribution in [0, 0.1) is 6.92 Å². The summed E-state index contributed by atoms with van der Waals surface area (Å²) in [6, 6.07) is 9.60. The van der Waals surface area contributed by atoms with Crippen molar-refractivity contribution in [3.8, 4) is 5.69 Å². The molecule has 1 N–H and O–H groups in total. The van der Waals surface area contributed by atoms with E-state index in [1.54, 1.807) is 9.58 Å². The second-order valence-electron chi connectivity index (χ2n) is 5.98. The molecule has 132 valence electrons. The van der Waals surface area contributed by atoms with Crippen molar-refractivity contribution >= 4 is 11.9 Å². The number of ether oxygens (including phenoxy) is 1. The molecule has 8 heteroatoms. The Morgan fingerprint density at radius 2 is 2.08 bits per heavy atom. The predicted octanol–water partition coefficient (Wildman–Crippen LogP) is 0.820. The van der Waals surface area contributed by atoms with Gasteiger partial charge in [0.05, 0.1) is 42.6 Å². The number of aromatic nitrogens is 3. The van der Waals surface area contributed by atoms with E-state index in [1.165, 1.54) is 0 Å². The average Bonchev–Trinajstić information content (AvgIpc) is 2.96. The minimum absolute atomic E-state index is 0.0955. The van der Waals surface area contributed by atoms with Crippen LogP contribution >= 0.6 is 0 Å². The number of carboxylic acids is 1. The lowest BCUT2D eigenvalue weighted by atomic mass is 10.1. The van der Waals surface area contributed by atoms with Gasteiger partial charge in [0.1, 0.15) is 0 Å². The lowest BCUT2D eigenvalue weighted by Crippen LogP contribution is -2.46. The van der Waals surface area contributed by atoms with Crippen molar-refractivity contribution in [1.29, 1.82) is 0 Å². The molecule has 0 aliphatic carbocycles. The largest absolute Gasteiger partial charge is 0.481 e. The third-order valence-corrected chi connectivity index (χ3v) is 4.20. The highest BCUT2D eigenvalue weighted by Crippen LogP contribution is 2.15. The summed E-state index contributed by atoms with van der Waals surface area (Å²) in [6.45, 7) is 2.97. The second-order valence-corrected chi connectivity index (χ2v) is 5.98. The van der Waals surface area contributed by atoms with E-state index in [0.29, 0.717) is 18.8 Å². The van der Waals surface area contributed by atoms with Crippen LogP contribution in [0.4, 0.5) is 0 Å². The van der Waals surface area contributed by atoms with Gasteiger partial charge in [-0.2, -0.15) is 0 Å². The summed E-state index contributed by atoms with van der Waals surface area (Å²) >= 11 is 0. The Balaban J connectivity index is 1.67. The number of nitrogens with zero attached hydrogens (tertiary/aromatic N) is 4. The minimum Gasteiger partial charge on any atom is -0.481 e. The van der Waals surface area contributed by atoms with Crippen molar-refractivity contribution in [3.63, 3.8) is 0 Å². The quantitative estimate of drug-likeness (QED) is 0.862. The fraction of sp³-hybridized carbons (Fsp3) is 0.412. The minimum atomic E-state index is -0.930. The molecule has 1 fully saturated rings. The van der Waals surface area contributed by atoms with Crippen molar-refractivity contribution in [2.24, 2.45) is 0 Å². The van der Waals surface area contributed by atoms with Crippen LogP contribution in [0.1, 0.15) is 17.8 Å².